The van der Waals surface area contributed by atoms with Crippen LogP contribution in [0.15, 0.2) is 34.8 Å². The van der Waals surface area contributed by atoms with E-state index in [2.05, 4.69) is 20.3 Å². The molecule has 0 spiro atoms. The van der Waals surface area contributed by atoms with Crippen molar-refractivity contribution in [3.8, 4) is 10.7 Å². The number of fused-ring (bicyclic) bond motifs is 1. The molecule has 6 rings (SSSR count). The number of ketones is 1. The molecule has 0 radical (unpaired) electrons. The molecule has 20 nitrogen and oxygen atoms in total. The fraction of sp³-hybridized carbons (Fsp3) is 0.727. The van der Waals surface area contributed by atoms with Crippen LogP contribution in [0.2, 0.25) is 0 Å². The number of likely N-dealkylation sites (N-methyl/N-ethyl adjacent to an activating group) is 2. The lowest BCUT2D eigenvalue weighted by molar-refractivity contribution is -0.295. The molecule has 3 saturated heterocycles. The van der Waals surface area contributed by atoms with Crippen molar-refractivity contribution < 1.29 is 47.6 Å². The molecule has 366 valence electrons. The molecule has 3 aromatic heterocycles. The van der Waals surface area contributed by atoms with Crippen LogP contribution in [0.4, 0.5) is 15.0 Å². The summed E-state index contributed by atoms with van der Waals surface area (Å²) in [7, 11) is 7.00. The molecule has 1 amide bonds. The first-order valence-electron chi connectivity index (χ1n) is 22.6. The Morgan fingerprint density at radius 1 is 1.11 bits per heavy atom. The molecule has 22 heteroatoms. The number of aryl methyl sites for hydroxylation is 1. The van der Waals surface area contributed by atoms with Crippen LogP contribution >= 0.6 is 11.3 Å². The average molecular weight is 947 g/mol. The topological polar surface area (TPSA) is 232 Å². The first-order chi connectivity index (χ1) is 31.1. The summed E-state index contributed by atoms with van der Waals surface area (Å²) in [6.45, 7) is 12.3. The monoisotopic (exact) mass is 946 g/mol. The number of ether oxygens (including phenoxy) is 5. The lowest BCUT2D eigenvalue weighted by atomic mass is 9.77. The predicted octanol–water partition coefficient (Wildman–Crippen LogP) is 3.33. The highest BCUT2D eigenvalue weighted by Crippen LogP contribution is 2.44. The van der Waals surface area contributed by atoms with Gasteiger partial charge >= 0.3 is 17.8 Å². The van der Waals surface area contributed by atoms with Gasteiger partial charge in [0.25, 0.3) is 11.4 Å². The van der Waals surface area contributed by atoms with Gasteiger partial charge in [0.05, 0.1) is 24.0 Å². The highest BCUT2D eigenvalue weighted by Gasteiger charge is 2.65. The maximum Gasteiger partial charge on any atom is 0.412 e. The van der Waals surface area contributed by atoms with Crippen molar-refractivity contribution >= 4 is 35.0 Å². The number of unbranched alkanes of at least 4 members (excludes halogenated alkanes) is 1. The number of aliphatic hydroxyl groups is 1. The van der Waals surface area contributed by atoms with Crippen LogP contribution in [0.25, 0.3) is 10.7 Å². The van der Waals surface area contributed by atoms with Gasteiger partial charge < -0.3 is 44.3 Å². The van der Waals surface area contributed by atoms with Crippen LogP contribution in [-0.2, 0) is 45.5 Å². The number of nitrogens with zero attached hydrogens (tertiary/aromatic N) is 9. The van der Waals surface area contributed by atoms with Crippen LogP contribution in [0.1, 0.15) is 80.6 Å². The maximum absolute atomic E-state index is 17.4. The number of carbonyl (C=O) groups is 3. The van der Waals surface area contributed by atoms with Crippen LogP contribution < -0.4 is 11.4 Å². The number of cyclic esters (lactones) is 1. The van der Waals surface area contributed by atoms with Gasteiger partial charge in [-0.3, -0.25) is 18.9 Å². The number of thiazole rings is 1. The van der Waals surface area contributed by atoms with Gasteiger partial charge in [-0.1, -0.05) is 26.0 Å². The zero-order chi connectivity index (χ0) is 48.5. The standard InChI is InChI=1S/C44H67FN10O10S/c1-12-31-44(55-19-15-32(46)48-40(55)59)34(54(41(60)65-44)18-14-13-17-53-24-29(49-50-53)37-47-16-20-66-37)28(5)52(10)23-25(2)22-42(6,61-11)36(27(4)35(57)43(7,45)39(58)63-31)64-38-33(56)30(51(8)9)21-26(3)62-38/h15-16,19-20,24-28,30-31,33-34,36,38,56H,12-14,17-18,21-23H2,1-11H3,(H2,46,48,59)/t25-,26-,27+,28-,30?,31-,33?,34-,36-,38+,42-,43?,44-/m1/s1. The summed E-state index contributed by atoms with van der Waals surface area (Å²) < 4.78 is 51.6. The number of carbonyl (C=O) groups excluding carboxylic acids is 3. The second-order valence-corrected chi connectivity index (χ2v) is 19.7. The molecular weight excluding hydrogens is 880 g/mol. The summed E-state index contributed by atoms with van der Waals surface area (Å²) in [5, 5.41) is 22.6. The van der Waals surface area contributed by atoms with Crippen molar-refractivity contribution in [3.05, 3.63) is 40.5 Å². The van der Waals surface area contributed by atoms with Gasteiger partial charge in [-0.05, 0) is 92.9 Å². The van der Waals surface area contributed by atoms with Gasteiger partial charge in [0, 0.05) is 62.5 Å². The molecule has 66 heavy (non-hydrogen) atoms. The fourth-order valence-corrected chi connectivity index (χ4v) is 10.6. The first kappa shape index (κ1) is 51.0. The minimum absolute atomic E-state index is 0.101. The number of aromatic nitrogens is 6. The number of nitrogen functional groups attached to an aromatic ring is 1. The molecule has 3 fully saturated rings. The summed E-state index contributed by atoms with van der Waals surface area (Å²) in [6, 6.07) is -0.723. The molecule has 3 aliphatic heterocycles. The number of esters is 1. The molecule has 3 unspecified atom stereocenters. The number of aliphatic hydroxyl groups excluding tert-OH is 1. The van der Waals surface area contributed by atoms with E-state index in [1.54, 1.807) is 30.9 Å². The highest BCUT2D eigenvalue weighted by atomic mass is 32.1. The first-order valence-corrected chi connectivity index (χ1v) is 23.5. The Hall–Kier alpha value is -4.45. The lowest BCUT2D eigenvalue weighted by Crippen LogP contribution is -2.65. The highest BCUT2D eigenvalue weighted by molar-refractivity contribution is 7.13. The number of Topliss-reactive ketones (excluding diaryl/α,β-unsaturated/α-hetero) is 1. The maximum atomic E-state index is 17.4. The van der Waals surface area contributed by atoms with Crippen LogP contribution in [-0.4, -0.2) is 169 Å². The fourth-order valence-electron chi connectivity index (χ4n) is 10.1. The number of halogens is 1. The van der Waals surface area contributed by atoms with E-state index in [9.17, 15) is 24.3 Å². The Kier molecular flexibility index (Phi) is 15.8. The normalized spacial score (nSPS) is 35.3. The second-order valence-electron chi connectivity index (χ2n) is 18.8. The van der Waals surface area contributed by atoms with Crippen molar-refractivity contribution in [3.63, 3.8) is 0 Å². The van der Waals surface area contributed by atoms with Gasteiger partial charge in [0.15, 0.2) is 18.2 Å². The molecule has 3 aromatic rings. The SMILES string of the molecule is CC[C@H]1OC(=O)C(C)(F)C(=O)[C@H](C)[C@@H](O[C@@H]2O[C@H](C)CC(N(C)C)C2O)[C@](C)(OC)C[C@@H](C)CN(C)[C@H](C)[C@H]2N(CCCCn3cc(-c4nccs4)nn3)C(=O)O[C@]12n1ccc(N)nc1=O. The van der Waals surface area contributed by atoms with Crippen molar-refractivity contribution in [2.45, 2.75) is 153 Å². The van der Waals surface area contributed by atoms with E-state index in [4.69, 9.17) is 29.4 Å². The zero-order valence-corrected chi connectivity index (χ0v) is 40.6. The summed E-state index contributed by atoms with van der Waals surface area (Å²) >= 11 is 1.45. The number of rotatable bonds is 12. The summed E-state index contributed by atoms with van der Waals surface area (Å²) in [4.78, 5) is 71.2. The molecule has 0 aromatic carbocycles. The van der Waals surface area contributed by atoms with E-state index in [0.717, 1.165) is 16.5 Å². The largest absolute Gasteiger partial charge is 0.453 e. The van der Waals surface area contributed by atoms with Crippen molar-refractivity contribution in [2.24, 2.45) is 11.8 Å². The average Bonchev–Trinajstić information content (AvgIpc) is 4.03. The van der Waals surface area contributed by atoms with Gasteiger partial charge in [-0.2, -0.15) is 4.98 Å². The zero-order valence-electron chi connectivity index (χ0n) is 39.8. The smallest absolute Gasteiger partial charge is 0.412 e. The molecule has 0 saturated carbocycles. The quantitative estimate of drug-likeness (QED) is 0.151. The van der Waals surface area contributed by atoms with E-state index in [-0.39, 0.29) is 43.3 Å². The van der Waals surface area contributed by atoms with Crippen LogP contribution in [0.3, 0.4) is 0 Å². The number of anilines is 1. The summed E-state index contributed by atoms with van der Waals surface area (Å²) in [5.41, 5.74) is -1.08. The van der Waals surface area contributed by atoms with E-state index >= 15 is 4.39 Å². The summed E-state index contributed by atoms with van der Waals surface area (Å²) in [5.74, 6) is -4.47. The second kappa shape index (κ2) is 20.4. The Balaban J connectivity index is 1.41. The third-order valence-corrected chi connectivity index (χ3v) is 14.4. The molecule has 6 heterocycles. The Labute approximate surface area is 388 Å². The minimum Gasteiger partial charge on any atom is -0.453 e. The number of amides is 1. The van der Waals surface area contributed by atoms with Gasteiger partial charge in [-0.25, -0.2) is 23.8 Å². The van der Waals surface area contributed by atoms with E-state index < -0.39 is 83.1 Å². The summed E-state index contributed by atoms with van der Waals surface area (Å²) in [6.07, 6.45) is 0.134. The predicted molar refractivity (Wildman–Crippen MR) is 241 cm³/mol. The number of hydrogen-bond donors (Lipinski definition) is 2. The van der Waals surface area contributed by atoms with Gasteiger partial charge in [-0.15, -0.1) is 16.4 Å². The number of methoxy groups -OCH3 is 1. The van der Waals surface area contributed by atoms with E-state index in [0.29, 0.717) is 38.0 Å². The Morgan fingerprint density at radius 3 is 2.45 bits per heavy atom. The van der Waals surface area contributed by atoms with E-state index in [1.165, 1.54) is 42.5 Å². The third-order valence-electron chi connectivity index (χ3n) is 13.6. The molecule has 13 atom stereocenters. The van der Waals surface area contributed by atoms with Crippen molar-refractivity contribution in [1.29, 1.82) is 0 Å². The van der Waals surface area contributed by atoms with Crippen LogP contribution in [0, 0.1) is 11.8 Å². The third kappa shape index (κ3) is 10.0. The molecular formula is C44H67FN10O10S. The minimum atomic E-state index is -3.31. The van der Waals surface area contributed by atoms with Crippen LogP contribution in [0.5, 0.6) is 0 Å². The van der Waals surface area contributed by atoms with Gasteiger partial charge in [0.2, 0.25) is 0 Å². The Bertz CT molecular complexity index is 2210. The number of hydrogen-bond acceptors (Lipinski definition) is 18. The van der Waals surface area contributed by atoms with Gasteiger partial charge in [0.1, 0.15) is 28.7 Å². The van der Waals surface area contributed by atoms with Crippen molar-refractivity contribution in [1.82, 2.24) is 44.2 Å². The molecule has 3 N–H and O–H groups in total. The molecule has 0 bridgehead atoms. The Morgan fingerprint density at radius 2 is 1.82 bits per heavy atom. The lowest BCUT2D eigenvalue weighted by Gasteiger charge is -2.47. The molecule has 0 aliphatic carbocycles. The number of alkyl halides is 1. The van der Waals surface area contributed by atoms with E-state index in [1.807, 2.05) is 57.1 Å². The number of nitrogens with two attached hydrogens (primary N) is 1. The molecule has 3 aliphatic rings. The van der Waals surface area contributed by atoms with Crippen molar-refractivity contribution in [2.75, 3.05) is 47.1 Å².